The SMILES string of the molecule is CC(C)CCCCCCCN(C=Cc1ccccc1)CCCCCCCC(C)C. The van der Waals surface area contributed by atoms with Gasteiger partial charge in [0.15, 0.2) is 0 Å². The number of rotatable bonds is 18. The Morgan fingerprint density at radius 2 is 1.07 bits per heavy atom. The van der Waals surface area contributed by atoms with E-state index < -0.39 is 0 Å². The van der Waals surface area contributed by atoms with Gasteiger partial charge in [0.05, 0.1) is 0 Å². The minimum absolute atomic E-state index is 0.860. The minimum atomic E-state index is 0.860. The molecule has 1 nitrogen and oxygen atoms in total. The van der Waals surface area contributed by atoms with E-state index in [-0.39, 0.29) is 0 Å². The molecule has 0 aliphatic rings. The van der Waals surface area contributed by atoms with E-state index in [9.17, 15) is 0 Å². The van der Waals surface area contributed by atoms with Crippen LogP contribution in [0.25, 0.3) is 6.08 Å². The molecular formula is C28H49N. The standard InChI is InChI=1S/C28H49N/c1-26(2)18-12-7-5-9-16-23-29(25-22-28-20-14-11-15-21-28)24-17-10-6-8-13-19-27(3)4/h11,14-15,20-22,25-27H,5-10,12-13,16-19,23-24H2,1-4H3. The van der Waals surface area contributed by atoms with Crippen LogP contribution in [0.5, 0.6) is 0 Å². The molecule has 0 atom stereocenters. The van der Waals surface area contributed by atoms with Crippen molar-refractivity contribution in [1.29, 1.82) is 0 Å². The van der Waals surface area contributed by atoms with Gasteiger partial charge in [-0.1, -0.05) is 122 Å². The van der Waals surface area contributed by atoms with Crippen molar-refractivity contribution in [2.75, 3.05) is 13.1 Å². The summed E-state index contributed by atoms with van der Waals surface area (Å²) in [6, 6.07) is 10.7. The summed E-state index contributed by atoms with van der Waals surface area (Å²) in [5.41, 5.74) is 1.31. The van der Waals surface area contributed by atoms with Crippen molar-refractivity contribution in [3.05, 3.63) is 42.1 Å². The van der Waals surface area contributed by atoms with Crippen molar-refractivity contribution >= 4 is 6.08 Å². The van der Waals surface area contributed by atoms with Gasteiger partial charge in [-0.3, -0.25) is 0 Å². The Morgan fingerprint density at radius 1 is 0.621 bits per heavy atom. The first-order valence-corrected chi connectivity index (χ1v) is 12.5. The number of hydrogen-bond donors (Lipinski definition) is 0. The number of nitrogens with zero attached hydrogens (tertiary/aromatic N) is 1. The first-order chi connectivity index (χ1) is 14.1. The molecule has 1 aromatic rings. The average molecular weight is 400 g/mol. The molecule has 0 aliphatic carbocycles. The van der Waals surface area contributed by atoms with Crippen molar-refractivity contribution < 1.29 is 0 Å². The molecule has 29 heavy (non-hydrogen) atoms. The highest BCUT2D eigenvalue weighted by atomic mass is 15.1. The lowest BCUT2D eigenvalue weighted by Crippen LogP contribution is -2.20. The quantitative estimate of drug-likeness (QED) is 0.223. The second kappa shape index (κ2) is 17.6. The van der Waals surface area contributed by atoms with E-state index in [1.165, 1.54) is 95.7 Å². The molecule has 0 radical (unpaired) electrons. The predicted molar refractivity (Wildman–Crippen MR) is 132 cm³/mol. The zero-order chi connectivity index (χ0) is 21.2. The third-order valence-corrected chi connectivity index (χ3v) is 5.73. The van der Waals surface area contributed by atoms with E-state index in [2.05, 4.69) is 75.2 Å². The molecule has 0 aliphatic heterocycles. The van der Waals surface area contributed by atoms with Gasteiger partial charge in [0.2, 0.25) is 0 Å². The van der Waals surface area contributed by atoms with Crippen LogP contribution < -0.4 is 0 Å². The monoisotopic (exact) mass is 399 g/mol. The number of unbranched alkanes of at least 4 members (excludes halogenated alkanes) is 8. The van der Waals surface area contributed by atoms with E-state index in [4.69, 9.17) is 0 Å². The van der Waals surface area contributed by atoms with Crippen LogP contribution in [0, 0.1) is 11.8 Å². The zero-order valence-corrected chi connectivity index (χ0v) is 20.0. The average Bonchev–Trinajstić information content (AvgIpc) is 2.70. The number of benzene rings is 1. The highest BCUT2D eigenvalue weighted by Crippen LogP contribution is 2.13. The summed E-state index contributed by atoms with van der Waals surface area (Å²) in [4.78, 5) is 2.56. The molecule has 0 saturated carbocycles. The predicted octanol–water partition coefficient (Wildman–Crippen LogP) is 8.95. The normalized spacial score (nSPS) is 11.8. The molecule has 166 valence electrons. The molecule has 0 bridgehead atoms. The lowest BCUT2D eigenvalue weighted by atomic mass is 10.0. The number of hydrogen-bond acceptors (Lipinski definition) is 1. The maximum Gasteiger partial charge on any atom is 0.0172 e. The minimum Gasteiger partial charge on any atom is -0.377 e. The smallest absolute Gasteiger partial charge is 0.0172 e. The van der Waals surface area contributed by atoms with Gasteiger partial charge in [0, 0.05) is 13.1 Å². The molecule has 1 heteroatoms. The Kier molecular flexibility index (Phi) is 15.7. The maximum absolute atomic E-state index is 2.56. The van der Waals surface area contributed by atoms with E-state index in [1.54, 1.807) is 0 Å². The van der Waals surface area contributed by atoms with Crippen molar-refractivity contribution in [3.8, 4) is 0 Å². The van der Waals surface area contributed by atoms with Crippen molar-refractivity contribution in [1.82, 2.24) is 4.90 Å². The Balaban J connectivity index is 2.27. The van der Waals surface area contributed by atoms with Crippen LogP contribution in [-0.2, 0) is 0 Å². The van der Waals surface area contributed by atoms with Crippen molar-refractivity contribution in [3.63, 3.8) is 0 Å². The topological polar surface area (TPSA) is 3.24 Å². The fourth-order valence-electron chi connectivity index (χ4n) is 3.81. The lowest BCUT2D eigenvalue weighted by Gasteiger charge is -2.20. The van der Waals surface area contributed by atoms with E-state index >= 15 is 0 Å². The molecule has 0 fully saturated rings. The first kappa shape index (κ1) is 25.8. The van der Waals surface area contributed by atoms with E-state index in [0.717, 1.165) is 11.8 Å². The highest BCUT2D eigenvalue weighted by molar-refractivity contribution is 5.48. The van der Waals surface area contributed by atoms with Gasteiger partial charge in [-0.25, -0.2) is 0 Å². The molecule has 0 heterocycles. The Hall–Kier alpha value is -1.24. The molecule has 1 rings (SSSR count). The van der Waals surface area contributed by atoms with E-state index in [0.29, 0.717) is 0 Å². The van der Waals surface area contributed by atoms with Gasteiger partial charge < -0.3 is 4.90 Å². The maximum atomic E-state index is 2.56. The van der Waals surface area contributed by atoms with Gasteiger partial charge in [0.25, 0.3) is 0 Å². The molecule has 0 N–H and O–H groups in total. The van der Waals surface area contributed by atoms with Gasteiger partial charge >= 0.3 is 0 Å². The molecule has 0 saturated heterocycles. The summed E-state index contributed by atoms with van der Waals surface area (Å²) in [6.07, 6.45) is 21.3. The molecule has 0 unspecified atom stereocenters. The van der Waals surface area contributed by atoms with Crippen LogP contribution >= 0.6 is 0 Å². The molecule has 0 aromatic heterocycles. The highest BCUT2D eigenvalue weighted by Gasteiger charge is 2.01. The Bertz CT molecular complexity index is 466. The van der Waals surface area contributed by atoms with Gasteiger partial charge in [0.1, 0.15) is 0 Å². The first-order valence-electron chi connectivity index (χ1n) is 12.5. The van der Waals surface area contributed by atoms with Crippen LogP contribution in [0.3, 0.4) is 0 Å². The zero-order valence-electron chi connectivity index (χ0n) is 20.0. The van der Waals surface area contributed by atoms with Crippen molar-refractivity contribution in [2.45, 2.75) is 105 Å². The summed E-state index contributed by atoms with van der Waals surface area (Å²) in [7, 11) is 0. The second-order valence-electron chi connectivity index (χ2n) is 9.66. The van der Waals surface area contributed by atoms with Gasteiger partial charge in [-0.05, 0) is 42.5 Å². The lowest BCUT2D eigenvalue weighted by molar-refractivity contribution is 0.350. The summed E-state index contributed by atoms with van der Waals surface area (Å²) in [5.74, 6) is 1.72. The third-order valence-electron chi connectivity index (χ3n) is 5.73. The van der Waals surface area contributed by atoms with E-state index in [1.807, 2.05) is 0 Å². The summed E-state index contributed by atoms with van der Waals surface area (Å²) >= 11 is 0. The fourth-order valence-corrected chi connectivity index (χ4v) is 3.81. The summed E-state index contributed by atoms with van der Waals surface area (Å²) < 4.78 is 0. The Labute approximate surface area is 183 Å². The fraction of sp³-hybridized carbons (Fsp3) is 0.714. The molecular weight excluding hydrogens is 350 g/mol. The second-order valence-corrected chi connectivity index (χ2v) is 9.66. The van der Waals surface area contributed by atoms with Crippen LogP contribution in [0.4, 0.5) is 0 Å². The van der Waals surface area contributed by atoms with Gasteiger partial charge in [-0.2, -0.15) is 0 Å². The van der Waals surface area contributed by atoms with Crippen LogP contribution in [0.15, 0.2) is 36.5 Å². The largest absolute Gasteiger partial charge is 0.377 e. The summed E-state index contributed by atoms with van der Waals surface area (Å²) in [6.45, 7) is 11.8. The van der Waals surface area contributed by atoms with Crippen LogP contribution in [-0.4, -0.2) is 18.0 Å². The van der Waals surface area contributed by atoms with Crippen LogP contribution in [0.2, 0.25) is 0 Å². The molecule has 0 amide bonds. The molecule has 1 aromatic carbocycles. The van der Waals surface area contributed by atoms with Gasteiger partial charge in [-0.15, -0.1) is 0 Å². The third kappa shape index (κ3) is 16.3. The molecule has 0 spiro atoms. The van der Waals surface area contributed by atoms with Crippen LogP contribution in [0.1, 0.15) is 110 Å². The van der Waals surface area contributed by atoms with Crippen molar-refractivity contribution in [2.24, 2.45) is 11.8 Å². The Morgan fingerprint density at radius 3 is 1.55 bits per heavy atom. The summed E-state index contributed by atoms with van der Waals surface area (Å²) in [5, 5.41) is 0.